The summed E-state index contributed by atoms with van der Waals surface area (Å²) in [7, 11) is 0. The summed E-state index contributed by atoms with van der Waals surface area (Å²) in [6, 6.07) is 74.8. The fourth-order valence-corrected chi connectivity index (χ4v) is 8.55. The molecule has 0 spiro atoms. The number of fused-ring (bicyclic) bond motifs is 5. The van der Waals surface area contributed by atoms with E-state index >= 15 is 0 Å². The number of aromatic nitrogens is 2. The molecule has 11 aromatic rings. The maximum absolute atomic E-state index is 5.28. The van der Waals surface area contributed by atoms with Gasteiger partial charge >= 0.3 is 0 Å². The van der Waals surface area contributed by atoms with E-state index in [2.05, 4.69) is 211 Å². The van der Waals surface area contributed by atoms with Crippen molar-refractivity contribution >= 4 is 54.1 Å². The molecule has 11 rings (SSSR count). The molecule has 0 aliphatic rings. The van der Waals surface area contributed by atoms with Gasteiger partial charge in [-0.25, -0.2) is 4.98 Å². The fraction of sp³-hybridized carbons (Fsp3) is 0. The molecule has 0 atom stereocenters. The van der Waals surface area contributed by atoms with Crippen molar-refractivity contribution < 1.29 is 0 Å². The number of rotatable bonds is 5. The number of hydrogen-bond donors (Lipinski definition) is 0. The smallest absolute Gasteiger partial charge is 0.145 e. The second-order valence-corrected chi connectivity index (χ2v) is 14.4. The summed E-state index contributed by atoms with van der Waals surface area (Å²) in [4.78, 5) is 5.28. The largest absolute Gasteiger partial charge is 0.292 e. The predicted octanol–water partition coefficient (Wildman–Crippen LogP) is 14.3. The van der Waals surface area contributed by atoms with Crippen LogP contribution < -0.4 is 0 Å². The minimum Gasteiger partial charge on any atom is -0.292 e. The average molecular weight is 699 g/mol. The molecule has 55 heavy (non-hydrogen) atoms. The Morgan fingerprint density at radius 1 is 0.309 bits per heavy atom. The van der Waals surface area contributed by atoms with Crippen LogP contribution in [0.15, 0.2) is 206 Å². The second-order valence-electron chi connectivity index (χ2n) is 14.4. The number of nitrogens with zero attached hydrogens (tertiary/aromatic N) is 2. The van der Waals surface area contributed by atoms with Gasteiger partial charge in [-0.05, 0) is 119 Å². The number of imidazole rings is 1. The predicted molar refractivity (Wildman–Crippen MR) is 233 cm³/mol. The van der Waals surface area contributed by atoms with Gasteiger partial charge in [0.2, 0.25) is 0 Å². The Bertz CT molecular complexity index is 3250. The van der Waals surface area contributed by atoms with Crippen molar-refractivity contribution in [2.75, 3.05) is 0 Å². The first kappa shape index (κ1) is 31.3. The van der Waals surface area contributed by atoms with Crippen LogP contribution in [0.2, 0.25) is 0 Å². The normalized spacial score (nSPS) is 11.6. The van der Waals surface area contributed by atoms with Crippen LogP contribution in [-0.2, 0) is 0 Å². The monoisotopic (exact) mass is 698 g/mol. The maximum atomic E-state index is 5.28. The Kier molecular flexibility index (Phi) is 7.21. The highest BCUT2D eigenvalue weighted by Gasteiger charge is 2.19. The maximum Gasteiger partial charge on any atom is 0.145 e. The molecule has 1 heterocycles. The van der Waals surface area contributed by atoms with E-state index < -0.39 is 0 Å². The summed E-state index contributed by atoms with van der Waals surface area (Å²) < 4.78 is 2.27. The first-order chi connectivity index (χ1) is 27.3. The van der Waals surface area contributed by atoms with Gasteiger partial charge in [0.1, 0.15) is 5.82 Å². The Morgan fingerprint density at radius 3 is 1.45 bits per heavy atom. The average Bonchev–Trinajstić information content (AvgIpc) is 3.65. The molecule has 2 nitrogen and oxygen atoms in total. The first-order valence-corrected chi connectivity index (χ1v) is 18.9. The summed E-state index contributed by atoms with van der Waals surface area (Å²) in [5.74, 6) is 0.933. The highest BCUT2D eigenvalue weighted by molar-refractivity contribution is 6.22. The molecule has 0 fully saturated rings. The third-order valence-electron chi connectivity index (χ3n) is 11.1. The van der Waals surface area contributed by atoms with Crippen molar-refractivity contribution in [2.45, 2.75) is 0 Å². The van der Waals surface area contributed by atoms with Gasteiger partial charge in [-0.2, -0.15) is 0 Å². The Balaban J connectivity index is 1.18. The molecule has 10 aromatic carbocycles. The van der Waals surface area contributed by atoms with Gasteiger partial charge in [0, 0.05) is 11.3 Å². The summed E-state index contributed by atoms with van der Waals surface area (Å²) in [5, 5.41) is 9.93. The quantitative estimate of drug-likeness (QED) is 0.164. The summed E-state index contributed by atoms with van der Waals surface area (Å²) in [5.41, 5.74) is 11.5. The molecule has 2 heteroatoms. The van der Waals surface area contributed by atoms with Crippen LogP contribution in [0.5, 0.6) is 0 Å². The molecular weight excluding hydrogens is 665 g/mol. The molecule has 0 saturated heterocycles. The number of benzene rings is 10. The summed E-state index contributed by atoms with van der Waals surface area (Å²) in [6.07, 6.45) is 0. The molecule has 0 aliphatic heterocycles. The summed E-state index contributed by atoms with van der Waals surface area (Å²) in [6.45, 7) is 0. The molecule has 0 saturated carbocycles. The minimum atomic E-state index is 0.933. The van der Waals surface area contributed by atoms with E-state index in [0.717, 1.165) is 39.2 Å². The van der Waals surface area contributed by atoms with E-state index in [0.29, 0.717) is 0 Å². The van der Waals surface area contributed by atoms with E-state index in [1.807, 2.05) is 0 Å². The van der Waals surface area contributed by atoms with Gasteiger partial charge in [0.25, 0.3) is 0 Å². The van der Waals surface area contributed by atoms with E-state index in [1.165, 1.54) is 65.3 Å². The number of para-hydroxylation sites is 1. The van der Waals surface area contributed by atoms with Gasteiger partial charge < -0.3 is 0 Å². The van der Waals surface area contributed by atoms with Gasteiger partial charge in [0.05, 0.1) is 11.0 Å². The topological polar surface area (TPSA) is 17.8 Å². The lowest BCUT2D eigenvalue weighted by atomic mass is 9.84. The Hall–Kier alpha value is -7.29. The van der Waals surface area contributed by atoms with E-state index in [9.17, 15) is 0 Å². The van der Waals surface area contributed by atoms with Crippen molar-refractivity contribution in [1.82, 2.24) is 9.55 Å². The van der Waals surface area contributed by atoms with Gasteiger partial charge in [-0.3, -0.25) is 4.57 Å². The molecule has 0 radical (unpaired) electrons. The number of hydrogen-bond acceptors (Lipinski definition) is 1. The third-order valence-corrected chi connectivity index (χ3v) is 11.1. The van der Waals surface area contributed by atoms with Crippen LogP contribution in [0.1, 0.15) is 0 Å². The van der Waals surface area contributed by atoms with E-state index in [4.69, 9.17) is 4.98 Å². The highest BCUT2D eigenvalue weighted by atomic mass is 15.1. The molecule has 1 aromatic heterocycles. The molecule has 0 amide bonds. The lowest BCUT2D eigenvalue weighted by molar-refractivity contribution is 1.10. The van der Waals surface area contributed by atoms with Crippen LogP contribution in [-0.4, -0.2) is 9.55 Å². The van der Waals surface area contributed by atoms with E-state index in [-0.39, 0.29) is 0 Å². The molecular formula is C53H34N2. The molecule has 0 N–H and O–H groups in total. The lowest BCUT2D eigenvalue weighted by Gasteiger charge is -2.19. The van der Waals surface area contributed by atoms with Crippen LogP contribution in [0.25, 0.3) is 105 Å². The SMILES string of the molecule is c1ccc(-c2nc3cc(-c4ccc5c(-c6ccc7ccccc7c6)c6ccccc6c(-c6ccc7ccccc7c6)c5c4)ccc3n2-c2ccccc2)cc1. The lowest BCUT2D eigenvalue weighted by Crippen LogP contribution is -1.97. The fourth-order valence-electron chi connectivity index (χ4n) is 8.55. The van der Waals surface area contributed by atoms with Crippen molar-refractivity contribution in [2.24, 2.45) is 0 Å². The van der Waals surface area contributed by atoms with E-state index in [1.54, 1.807) is 0 Å². The zero-order valence-corrected chi connectivity index (χ0v) is 30.0. The molecule has 256 valence electrons. The highest BCUT2D eigenvalue weighted by Crippen LogP contribution is 2.46. The van der Waals surface area contributed by atoms with Crippen molar-refractivity contribution in [1.29, 1.82) is 0 Å². The Morgan fingerprint density at radius 2 is 0.800 bits per heavy atom. The zero-order valence-electron chi connectivity index (χ0n) is 30.0. The first-order valence-electron chi connectivity index (χ1n) is 18.9. The van der Waals surface area contributed by atoms with Crippen LogP contribution >= 0.6 is 0 Å². The molecule has 0 bridgehead atoms. The zero-order chi connectivity index (χ0) is 36.3. The molecule has 0 aliphatic carbocycles. The van der Waals surface area contributed by atoms with Gasteiger partial charge in [-0.15, -0.1) is 0 Å². The standard InChI is InChI=1S/C53H34N2/c1-3-15-37(16-4-1)53-54-49-34-41(28-30-50(49)55(53)44-19-5-2-6-20-44)40-27-29-47-48(33-40)52(43-26-24-36-14-8-10-18-39(36)32-43)46-22-12-11-21-45(46)51(47)42-25-23-35-13-7-9-17-38(35)31-42/h1-34H. The van der Waals surface area contributed by atoms with Gasteiger partial charge in [0.15, 0.2) is 0 Å². The van der Waals surface area contributed by atoms with Crippen LogP contribution in [0, 0.1) is 0 Å². The third kappa shape index (κ3) is 5.22. The van der Waals surface area contributed by atoms with Gasteiger partial charge in [-0.1, -0.05) is 164 Å². The molecule has 0 unspecified atom stereocenters. The minimum absolute atomic E-state index is 0.933. The van der Waals surface area contributed by atoms with Crippen molar-refractivity contribution in [3.8, 4) is 50.5 Å². The second kappa shape index (κ2) is 12.7. The summed E-state index contributed by atoms with van der Waals surface area (Å²) >= 11 is 0. The van der Waals surface area contributed by atoms with Crippen molar-refractivity contribution in [3.63, 3.8) is 0 Å². The van der Waals surface area contributed by atoms with Crippen molar-refractivity contribution in [3.05, 3.63) is 206 Å². The van der Waals surface area contributed by atoms with Crippen LogP contribution in [0.4, 0.5) is 0 Å². The van der Waals surface area contributed by atoms with Crippen LogP contribution in [0.3, 0.4) is 0 Å². The Labute approximate surface area is 319 Å².